The number of para-hydroxylation sites is 1. The lowest BCUT2D eigenvalue weighted by Gasteiger charge is -2.29. The van der Waals surface area contributed by atoms with Gasteiger partial charge in [0, 0.05) is 36.9 Å². The summed E-state index contributed by atoms with van der Waals surface area (Å²) in [6, 6.07) is 9.30. The van der Waals surface area contributed by atoms with Crippen LogP contribution in [0.5, 0.6) is 0 Å². The van der Waals surface area contributed by atoms with Crippen molar-refractivity contribution < 1.29 is 0 Å². The van der Waals surface area contributed by atoms with Gasteiger partial charge in [0.25, 0.3) is 0 Å². The zero-order chi connectivity index (χ0) is 23.3. The predicted molar refractivity (Wildman–Crippen MR) is 141 cm³/mol. The van der Waals surface area contributed by atoms with Gasteiger partial charge in [-0.2, -0.15) is 0 Å². The van der Waals surface area contributed by atoms with E-state index in [2.05, 4.69) is 101 Å². The number of hydrogen-bond donors (Lipinski definition) is 0. The standard InChI is InChI=1S/C29H41N3/c1-10-25-22(8)26-27(30(25)9)20(6)16-21(7)28(26)31-14-15-32(17-31)29-23(18(2)3)12-11-13-24(29)19(4)5/h11-13,16,18-19H,10,14-15,17H2,1-9H3. The van der Waals surface area contributed by atoms with E-state index in [9.17, 15) is 0 Å². The molecule has 3 nitrogen and oxygen atoms in total. The van der Waals surface area contributed by atoms with Crippen LogP contribution in [0.4, 0.5) is 11.4 Å². The minimum Gasteiger partial charge on any atom is -0.352 e. The van der Waals surface area contributed by atoms with Crippen LogP contribution in [-0.4, -0.2) is 24.3 Å². The van der Waals surface area contributed by atoms with E-state index < -0.39 is 0 Å². The number of rotatable bonds is 5. The molecule has 3 heteroatoms. The number of nitrogens with zero attached hydrogens (tertiary/aromatic N) is 3. The molecule has 0 atom stereocenters. The first-order valence-electron chi connectivity index (χ1n) is 12.4. The van der Waals surface area contributed by atoms with Gasteiger partial charge in [0.2, 0.25) is 0 Å². The molecule has 0 spiro atoms. The van der Waals surface area contributed by atoms with Crippen molar-refractivity contribution in [2.75, 3.05) is 29.6 Å². The van der Waals surface area contributed by atoms with Crippen LogP contribution < -0.4 is 9.80 Å². The van der Waals surface area contributed by atoms with Gasteiger partial charge in [0.05, 0.1) is 17.9 Å². The quantitative estimate of drug-likeness (QED) is 0.423. The van der Waals surface area contributed by atoms with E-state index in [1.54, 1.807) is 0 Å². The summed E-state index contributed by atoms with van der Waals surface area (Å²) in [6.45, 7) is 21.6. The van der Waals surface area contributed by atoms with Gasteiger partial charge in [-0.25, -0.2) is 0 Å². The lowest BCUT2D eigenvalue weighted by Crippen LogP contribution is -2.27. The maximum absolute atomic E-state index is 2.63. The molecule has 0 bridgehead atoms. The van der Waals surface area contributed by atoms with Crippen molar-refractivity contribution in [2.24, 2.45) is 7.05 Å². The Kier molecular flexibility index (Phi) is 6.04. The summed E-state index contributed by atoms with van der Waals surface area (Å²) in [7, 11) is 2.24. The molecule has 0 N–H and O–H groups in total. The normalized spacial score (nSPS) is 14.6. The fourth-order valence-corrected chi connectivity index (χ4v) is 6.03. The van der Waals surface area contributed by atoms with Crippen LogP contribution in [0, 0.1) is 20.8 Å². The van der Waals surface area contributed by atoms with Crippen molar-refractivity contribution in [1.82, 2.24) is 4.57 Å². The second-order valence-corrected chi connectivity index (χ2v) is 10.3. The molecule has 0 radical (unpaired) electrons. The first-order valence-corrected chi connectivity index (χ1v) is 12.4. The molecular formula is C29H41N3. The largest absolute Gasteiger partial charge is 0.352 e. The smallest absolute Gasteiger partial charge is 0.0904 e. The van der Waals surface area contributed by atoms with Gasteiger partial charge in [-0.15, -0.1) is 0 Å². The van der Waals surface area contributed by atoms with Crippen LogP contribution in [-0.2, 0) is 13.5 Å². The summed E-state index contributed by atoms with van der Waals surface area (Å²) in [6.07, 6.45) is 1.07. The Hall–Kier alpha value is -2.42. The van der Waals surface area contributed by atoms with Crippen LogP contribution in [0.1, 0.15) is 80.0 Å². The SMILES string of the molecule is CCc1c(C)c2c(N3CCN(c4c(C(C)C)cccc4C(C)C)C3)c(C)cc(C)c2n1C. The predicted octanol–water partition coefficient (Wildman–Crippen LogP) is 7.20. The summed E-state index contributed by atoms with van der Waals surface area (Å²) in [4.78, 5) is 5.26. The number of anilines is 2. The molecule has 1 saturated heterocycles. The number of fused-ring (bicyclic) bond motifs is 1. The molecule has 1 aliphatic rings. The average Bonchev–Trinajstić information content (AvgIpc) is 3.30. The Bertz CT molecular complexity index is 1120. The number of aryl methyl sites for hydroxylation is 4. The molecule has 0 unspecified atom stereocenters. The highest BCUT2D eigenvalue weighted by atomic mass is 15.4. The first kappa shape index (κ1) is 22.8. The second kappa shape index (κ2) is 8.50. The summed E-state index contributed by atoms with van der Waals surface area (Å²) in [5.74, 6) is 1.04. The number of benzene rings is 2. The van der Waals surface area contributed by atoms with Crippen molar-refractivity contribution in [2.45, 2.75) is 73.6 Å². The van der Waals surface area contributed by atoms with Gasteiger partial charge >= 0.3 is 0 Å². The molecule has 2 aromatic carbocycles. The van der Waals surface area contributed by atoms with Gasteiger partial charge in [0.15, 0.2) is 0 Å². The highest BCUT2D eigenvalue weighted by Gasteiger charge is 2.29. The maximum atomic E-state index is 2.63. The van der Waals surface area contributed by atoms with Crippen molar-refractivity contribution in [3.63, 3.8) is 0 Å². The van der Waals surface area contributed by atoms with Crippen molar-refractivity contribution in [3.8, 4) is 0 Å². The lowest BCUT2D eigenvalue weighted by molar-refractivity contribution is 0.808. The topological polar surface area (TPSA) is 11.4 Å². The average molecular weight is 432 g/mol. The fourth-order valence-electron chi connectivity index (χ4n) is 6.03. The Morgan fingerprint density at radius 3 is 1.94 bits per heavy atom. The van der Waals surface area contributed by atoms with Crippen molar-refractivity contribution in [3.05, 3.63) is 57.8 Å². The van der Waals surface area contributed by atoms with Gasteiger partial charge in [0.1, 0.15) is 0 Å². The van der Waals surface area contributed by atoms with E-state index in [1.165, 1.54) is 55.8 Å². The van der Waals surface area contributed by atoms with E-state index in [0.717, 1.165) is 26.2 Å². The van der Waals surface area contributed by atoms with Gasteiger partial charge in [-0.1, -0.05) is 58.9 Å². The molecule has 32 heavy (non-hydrogen) atoms. The Morgan fingerprint density at radius 1 is 0.844 bits per heavy atom. The zero-order valence-corrected chi connectivity index (χ0v) is 21.6. The molecule has 0 amide bonds. The van der Waals surface area contributed by atoms with Gasteiger partial charge < -0.3 is 14.4 Å². The highest BCUT2D eigenvalue weighted by Crippen LogP contribution is 2.41. The monoisotopic (exact) mass is 431 g/mol. The highest BCUT2D eigenvalue weighted by molar-refractivity contribution is 6.00. The van der Waals surface area contributed by atoms with Crippen molar-refractivity contribution in [1.29, 1.82) is 0 Å². The fraction of sp³-hybridized carbons (Fsp3) is 0.517. The first-order chi connectivity index (χ1) is 15.2. The summed E-state index contributed by atoms with van der Waals surface area (Å²) in [5.41, 5.74) is 13.0. The van der Waals surface area contributed by atoms with Crippen LogP contribution in [0.2, 0.25) is 0 Å². The molecule has 1 aliphatic heterocycles. The third-order valence-electron chi connectivity index (χ3n) is 7.49. The van der Waals surface area contributed by atoms with Crippen LogP contribution >= 0.6 is 0 Å². The Balaban J connectivity index is 1.83. The zero-order valence-electron chi connectivity index (χ0n) is 21.6. The molecule has 0 aliphatic carbocycles. The van der Waals surface area contributed by atoms with Gasteiger partial charge in [-0.3, -0.25) is 0 Å². The summed E-state index contributed by atoms with van der Waals surface area (Å²) >= 11 is 0. The van der Waals surface area contributed by atoms with Crippen LogP contribution in [0.15, 0.2) is 24.3 Å². The van der Waals surface area contributed by atoms with E-state index in [0.29, 0.717) is 11.8 Å². The van der Waals surface area contributed by atoms with Crippen molar-refractivity contribution >= 4 is 22.3 Å². The summed E-state index contributed by atoms with van der Waals surface area (Å²) in [5, 5.41) is 1.46. The molecule has 172 valence electrons. The van der Waals surface area contributed by atoms with E-state index in [4.69, 9.17) is 0 Å². The van der Waals surface area contributed by atoms with Gasteiger partial charge in [-0.05, 0) is 66.8 Å². The third-order valence-corrected chi connectivity index (χ3v) is 7.49. The molecule has 2 heterocycles. The molecule has 0 saturated carbocycles. The molecule has 1 fully saturated rings. The lowest BCUT2D eigenvalue weighted by atomic mass is 9.92. The molecule has 3 aromatic rings. The molecule has 4 rings (SSSR count). The minimum atomic E-state index is 0.522. The summed E-state index contributed by atoms with van der Waals surface area (Å²) < 4.78 is 2.43. The second-order valence-electron chi connectivity index (χ2n) is 10.3. The Morgan fingerprint density at radius 2 is 1.41 bits per heavy atom. The number of aromatic nitrogens is 1. The molecule has 1 aromatic heterocycles. The maximum Gasteiger partial charge on any atom is 0.0904 e. The van der Waals surface area contributed by atoms with E-state index in [-0.39, 0.29) is 0 Å². The number of hydrogen-bond acceptors (Lipinski definition) is 2. The van der Waals surface area contributed by atoms with E-state index in [1.807, 2.05) is 0 Å². The van der Waals surface area contributed by atoms with Crippen LogP contribution in [0.3, 0.4) is 0 Å². The Labute approximate surface area is 195 Å². The van der Waals surface area contributed by atoms with E-state index >= 15 is 0 Å². The van der Waals surface area contributed by atoms with Crippen LogP contribution in [0.25, 0.3) is 10.9 Å². The minimum absolute atomic E-state index is 0.522. The third kappa shape index (κ3) is 3.50. The molecular weight excluding hydrogens is 390 g/mol.